The summed E-state index contributed by atoms with van der Waals surface area (Å²) in [6.45, 7) is 4.40. The number of fused-ring (bicyclic) bond motifs is 1. The van der Waals surface area contributed by atoms with Crippen molar-refractivity contribution >= 4 is 5.65 Å². The zero-order valence-electron chi connectivity index (χ0n) is 16.0. The molecule has 0 amide bonds. The fraction of sp³-hybridized carbons (Fsp3) is 0.227. The number of aromatic nitrogens is 4. The number of nitrogens with zero attached hydrogens (tertiary/aromatic N) is 3. The highest BCUT2D eigenvalue weighted by Crippen LogP contribution is 2.26. The molecule has 0 aliphatic heterocycles. The second-order valence-corrected chi connectivity index (χ2v) is 6.75. The Labute approximate surface area is 162 Å². The van der Waals surface area contributed by atoms with E-state index in [4.69, 9.17) is 9.72 Å². The lowest BCUT2D eigenvalue weighted by Crippen LogP contribution is -2.22. The topological polar surface area (TPSA) is 72.3 Å². The Morgan fingerprint density at radius 2 is 1.82 bits per heavy atom. The zero-order chi connectivity index (χ0) is 19.5. The van der Waals surface area contributed by atoms with Crippen molar-refractivity contribution in [3.8, 4) is 16.9 Å². The maximum absolute atomic E-state index is 13.0. The maximum Gasteiger partial charge on any atom is 0.276 e. The first-order valence-corrected chi connectivity index (χ1v) is 9.34. The Balaban J connectivity index is 1.59. The molecule has 3 heterocycles. The van der Waals surface area contributed by atoms with Crippen LogP contribution in [-0.2, 0) is 6.42 Å². The lowest BCUT2D eigenvalue weighted by Gasteiger charge is -2.08. The van der Waals surface area contributed by atoms with Crippen LogP contribution in [0.3, 0.4) is 0 Å². The van der Waals surface area contributed by atoms with Crippen molar-refractivity contribution in [2.75, 3.05) is 6.61 Å². The van der Waals surface area contributed by atoms with Gasteiger partial charge in [-0.3, -0.25) is 14.9 Å². The molecule has 0 aliphatic rings. The molecular formula is C22H22N4O2. The molecule has 0 aliphatic carbocycles. The van der Waals surface area contributed by atoms with Gasteiger partial charge in [-0.25, -0.2) is 9.50 Å². The van der Waals surface area contributed by atoms with Gasteiger partial charge >= 0.3 is 0 Å². The molecular weight excluding hydrogens is 352 g/mol. The van der Waals surface area contributed by atoms with Gasteiger partial charge in [0, 0.05) is 34.9 Å². The summed E-state index contributed by atoms with van der Waals surface area (Å²) in [7, 11) is 0. The molecule has 4 aromatic rings. The highest BCUT2D eigenvalue weighted by Gasteiger charge is 2.17. The Bertz CT molecular complexity index is 1150. The van der Waals surface area contributed by atoms with E-state index in [1.165, 1.54) is 0 Å². The van der Waals surface area contributed by atoms with E-state index in [-0.39, 0.29) is 5.56 Å². The van der Waals surface area contributed by atoms with E-state index >= 15 is 0 Å². The van der Waals surface area contributed by atoms with Gasteiger partial charge in [0.1, 0.15) is 5.75 Å². The number of ether oxygens (including phenoxy) is 1. The third-order valence-corrected chi connectivity index (χ3v) is 4.81. The number of aryl methyl sites for hydroxylation is 2. The van der Waals surface area contributed by atoms with Gasteiger partial charge in [-0.05, 0) is 56.5 Å². The molecule has 1 N–H and O–H groups in total. The first-order valence-electron chi connectivity index (χ1n) is 9.34. The second-order valence-electron chi connectivity index (χ2n) is 6.75. The van der Waals surface area contributed by atoms with E-state index in [1.54, 1.807) is 16.9 Å². The van der Waals surface area contributed by atoms with Crippen molar-refractivity contribution in [1.82, 2.24) is 19.6 Å². The minimum atomic E-state index is -0.0504. The van der Waals surface area contributed by atoms with Crippen LogP contribution in [0.5, 0.6) is 5.75 Å². The third-order valence-electron chi connectivity index (χ3n) is 4.81. The van der Waals surface area contributed by atoms with E-state index < -0.39 is 0 Å². The average Bonchev–Trinajstić information content (AvgIpc) is 3.04. The quantitative estimate of drug-likeness (QED) is 0.522. The number of H-pyrrole nitrogens is 1. The lowest BCUT2D eigenvalue weighted by molar-refractivity contribution is 0.310. The van der Waals surface area contributed by atoms with Gasteiger partial charge in [-0.1, -0.05) is 18.2 Å². The van der Waals surface area contributed by atoms with E-state index in [9.17, 15) is 4.79 Å². The van der Waals surface area contributed by atoms with Gasteiger partial charge in [0.2, 0.25) is 0 Å². The van der Waals surface area contributed by atoms with Gasteiger partial charge in [0.15, 0.2) is 5.65 Å². The number of benzene rings is 1. The number of nitrogens with one attached hydrogen (secondary N) is 1. The first kappa shape index (κ1) is 18.0. The van der Waals surface area contributed by atoms with Crippen LogP contribution in [0.4, 0.5) is 0 Å². The van der Waals surface area contributed by atoms with Crippen molar-refractivity contribution in [2.45, 2.75) is 26.7 Å². The van der Waals surface area contributed by atoms with Crippen LogP contribution in [0, 0.1) is 13.8 Å². The summed E-state index contributed by atoms with van der Waals surface area (Å²) in [6, 6.07) is 13.5. The average molecular weight is 374 g/mol. The number of aromatic amines is 1. The van der Waals surface area contributed by atoms with Crippen molar-refractivity contribution < 1.29 is 4.74 Å². The maximum atomic E-state index is 13.0. The van der Waals surface area contributed by atoms with Gasteiger partial charge in [0.05, 0.1) is 6.61 Å². The van der Waals surface area contributed by atoms with E-state index in [0.717, 1.165) is 40.2 Å². The Morgan fingerprint density at radius 3 is 2.57 bits per heavy atom. The number of rotatable bonds is 6. The molecule has 0 fully saturated rings. The summed E-state index contributed by atoms with van der Waals surface area (Å²) >= 11 is 0. The molecule has 3 aromatic heterocycles. The van der Waals surface area contributed by atoms with E-state index in [2.05, 4.69) is 10.1 Å². The standard InChI is InChI=1S/C22H22N4O2/c1-15-19(9-6-14-28-18-7-4-3-5-8-18)22(27)26-21(24-15)20(16(2)25-26)17-10-12-23-13-11-17/h3-5,7-8,10-13,25H,6,9,14H2,1-2H3. The van der Waals surface area contributed by atoms with Gasteiger partial charge in [-0.2, -0.15) is 0 Å². The molecule has 6 nitrogen and oxygen atoms in total. The van der Waals surface area contributed by atoms with Crippen LogP contribution >= 0.6 is 0 Å². The van der Waals surface area contributed by atoms with Crippen molar-refractivity contribution in [2.24, 2.45) is 0 Å². The molecule has 4 rings (SSSR count). The predicted molar refractivity (Wildman–Crippen MR) is 109 cm³/mol. The van der Waals surface area contributed by atoms with Crippen LogP contribution in [0.1, 0.15) is 23.4 Å². The normalized spacial score (nSPS) is 11.1. The highest BCUT2D eigenvalue weighted by atomic mass is 16.5. The van der Waals surface area contributed by atoms with Gasteiger partial charge in [0.25, 0.3) is 5.56 Å². The fourth-order valence-corrected chi connectivity index (χ4v) is 3.43. The van der Waals surface area contributed by atoms with Crippen LogP contribution in [0.25, 0.3) is 16.8 Å². The molecule has 6 heteroatoms. The monoisotopic (exact) mass is 374 g/mol. The van der Waals surface area contributed by atoms with Gasteiger partial charge < -0.3 is 4.74 Å². The summed E-state index contributed by atoms with van der Waals surface area (Å²) in [5.74, 6) is 0.839. The summed E-state index contributed by atoms with van der Waals surface area (Å²) in [4.78, 5) is 21.9. The SMILES string of the molecule is Cc1nc2c(-c3ccncc3)c(C)[nH]n2c(=O)c1CCCOc1ccccc1. The Morgan fingerprint density at radius 1 is 1.07 bits per heavy atom. The summed E-state index contributed by atoms with van der Waals surface area (Å²) in [6.07, 6.45) is 4.85. The molecule has 28 heavy (non-hydrogen) atoms. The molecule has 0 saturated heterocycles. The predicted octanol–water partition coefficient (Wildman–Crippen LogP) is 3.71. The molecule has 0 saturated carbocycles. The number of pyridine rings is 1. The van der Waals surface area contributed by atoms with Crippen molar-refractivity contribution in [1.29, 1.82) is 0 Å². The molecule has 0 bridgehead atoms. The number of hydrogen-bond acceptors (Lipinski definition) is 4. The van der Waals surface area contributed by atoms with Crippen LogP contribution in [-0.4, -0.2) is 26.2 Å². The second kappa shape index (κ2) is 7.68. The number of para-hydroxylation sites is 1. The molecule has 142 valence electrons. The lowest BCUT2D eigenvalue weighted by atomic mass is 10.1. The van der Waals surface area contributed by atoms with Gasteiger partial charge in [-0.15, -0.1) is 0 Å². The number of hydrogen-bond donors (Lipinski definition) is 1. The van der Waals surface area contributed by atoms with Crippen molar-refractivity contribution in [3.05, 3.63) is 82.2 Å². The Hall–Kier alpha value is -3.41. The molecule has 0 spiro atoms. The Kier molecular flexibility index (Phi) is 4.93. The van der Waals surface area contributed by atoms with E-state index in [0.29, 0.717) is 18.7 Å². The first-order chi connectivity index (χ1) is 13.6. The molecule has 0 radical (unpaired) electrons. The molecule has 0 unspecified atom stereocenters. The van der Waals surface area contributed by atoms with Crippen molar-refractivity contribution in [3.63, 3.8) is 0 Å². The van der Waals surface area contributed by atoms with Crippen LogP contribution in [0.15, 0.2) is 59.7 Å². The summed E-state index contributed by atoms with van der Waals surface area (Å²) in [5.41, 5.74) is 4.90. The van der Waals surface area contributed by atoms with Crippen LogP contribution in [0.2, 0.25) is 0 Å². The zero-order valence-corrected chi connectivity index (χ0v) is 16.0. The molecule has 0 atom stereocenters. The third kappa shape index (κ3) is 3.41. The summed E-state index contributed by atoms with van der Waals surface area (Å²) in [5, 5.41) is 3.17. The minimum Gasteiger partial charge on any atom is -0.494 e. The fourth-order valence-electron chi connectivity index (χ4n) is 3.43. The largest absolute Gasteiger partial charge is 0.494 e. The smallest absolute Gasteiger partial charge is 0.276 e. The molecule has 1 aromatic carbocycles. The van der Waals surface area contributed by atoms with E-state index in [1.807, 2.05) is 56.3 Å². The summed E-state index contributed by atoms with van der Waals surface area (Å²) < 4.78 is 7.28. The van der Waals surface area contributed by atoms with Crippen LogP contribution < -0.4 is 10.3 Å². The minimum absolute atomic E-state index is 0.0504. The highest BCUT2D eigenvalue weighted by molar-refractivity contribution is 5.79.